The van der Waals surface area contributed by atoms with Crippen molar-refractivity contribution in [1.82, 2.24) is 4.90 Å². The number of hydrogen-bond acceptors (Lipinski definition) is 4. The van der Waals surface area contributed by atoms with Crippen molar-refractivity contribution in [3.8, 4) is 6.07 Å². The number of hydrogen-bond donors (Lipinski definition) is 0. The summed E-state index contributed by atoms with van der Waals surface area (Å²) in [5, 5.41) is 8.72. The largest absolute Gasteiger partial charge is 0.450 e. The minimum absolute atomic E-state index is 0.302. The van der Waals surface area contributed by atoms with E-state index in [-0.39, 0.29) is 6.09 Å². The van der Waals surface area contributed by atoms with Gasteiger partial charge in [-0.15, -0.1) is 0 Å². The number of ether oxygens (including phenoxy) is 1. The predicted molar refractivity (Wildman–Crippen MR) is 71.9 cm³/mol. The lowest BCUT2D eigenvalue weighted by Crippen LogP contribution is -2.49. The van der Waals surface area contributed by atoms with E-state index in [2.05, 4.69) is 0 Å². The fourth-order valence-corrected chi connectivity index (χ4v) is 2.18. The van der Waals surface area contributed by atoms with Crippen molar-refractivity contribution in [2.24, 2.45) is 0 Å². The third-order valence-electron chi connectivity index (χ3n) is 3.22. The molecule has 1 aromatic carbocycles. The van der Waals surface area contributed by atoms with Gasteiger partial charge in [-0.3, -0.25) is 0 Å². The minimum atomic E-state index is -0.409. The van der Waals surface area contributed by atoms with Crippen LogP contribution < -0.4 is 4.90 Å². The number of rotatable bonds is 2. The number of amides is 1. The number of anilines is 1. The van der Waals surface area contributed by atoms with Crippen molar-refractivity contribution in [2.75, 3.05) is 37.7 Å². The molecule has 106 valence electrons. The molecule has 20 heavy (non-hydrogen) atoms. The van der Waals surface area contributed by atoms with Gasteiger partial charge >= 0.3 is 6.09 Å². The Labute approximate surface area is 117 Å². The normalized spacial score (nSPS) is 14.8. The van der Waals surface area contributed by atoms with Crippen LogP contribution in [0.3, 0.4) is 0 Å². The quantitative estimate of drug-likeness (QED) is 0.829. The molecule has 2 rings (SSSR count). The fourth-order valence-electron chi connectivity index (χ4n) is 2.18. The van der Waals surface area contributed by atoms with Crippen LogP contribution in [0.5, 0.6) is 0 Å². The van der Waals surface area contributed by atoms with Gasteiger partial charge in [0.2, 0.25) is 0 Å². The van der Waals surface area contributed by atoms with Gasteiger partial charge in [-0.05, 0) is 25.1 Å². The molecule has 0 atom stereocenters. The van der Waals surface area contributed by atoms with Crippen LogP contribution >= 0.6 is 0 Å². The van der Waals surface area contributed by atoms with Crippen molar-refractivity contribution in [1.29, 1.82) is 5.26 Å². The van der Waals surface area contributed by atoms with E-state index in [0.717, 1.165) is 0 Å². The Morgan fingerprint density at radius 1 is 1.40 bits per heavy atom. The van der Waals surface area contributed by atoms with Gasteiger partial charge in [0.25, 0.3) is 0 Å². The first-order valence-electron chi connectivity index (χ1n) is 6.52. The lowest BCUT2D eigenvalue weighted by Gasteiger charge is -2.35. The summed E-state index contributed by atoms with van der Waals surface area (Å²) in [5.41, 5.74) is 0.768. The molecule has 6 heteroatoms. The Kier molecular flexibility index (Phi) is 4.41. The van der Waals surface area contributed by atoms with Gasteiger partial charge in [-0.2, -0.15) is 5.26 Å². The second-order valence-corrected chi connectivity index (χ2v) is 4.45. The van der Waals surface area contributed by atoms with Gasteiger partial charge in [0.05, 0.1) is 23.9 Å². The highest BCUT2D eigenvalue weighted by Crippen LogP contribution is 2.21. The van der Waals surface area contributed by atoms with Gasteiger partial charge in [0, 0.05) is 26.2 Å². The first kappa shape index (κ1) is 14.1. The van der Waals surface area contributed by atoms with Crippen LogP contribution in [0.15, 0.2) is 18.2 Å². The van der Waals surface area contributed by atoms with Crippen LogP contribution in [-0.2, 0) is 4.74 Å². The van der Waals surface area contributed by atoms with Crippen LogP contribution in [0.25, 0.3) is 0 Å². The molecular weight excluding hydrogens is 261 g/mol. The van der Waals surface area contributed by atoms with Crippen LogP contribution in [-0.4, -0.2) is 43.8 Å². The third-order valence-corrected chi connectivity index (χ3v) is 3.22. The first-order valence-corrected chi connectivity index (χ1v) is 6.52. The first-order chi connectivity index (χ1) is 9.65. The minimum Gasteiger partial charge on any atom is -0.450 e. The topological polar surface area (TPSA) is 56.6 Å². The van der Waals surface area contributed by atoms with Gasteiger partial charge in [-0.1, -0.05) is 0 Å². The monoisotopic (exact) mass is 277 g/mol. The molecule has 0 saturated carbocycles. The second kappa shape index (κ2) is 6.24. The summed E-state index contributed by atoms with van der Waals surface area (Å²) >= 11 is 0. The van der Waals surface area contributed by atoms with Crippen molar-refractivity contribution in [3.05, 3.63) is 29.6 Å². The standard InChI is InChI=1S/C14H16FN3O2/c1-2-20-14(19)18-7-5-17(6-8-18)13-4-3-11(10-16)9-12(13)15/h3-4,9H,2,5-8H2,1H3. The van der Waals surface area contributed by atoms with E-state index in [1.54, 1.807) is 24.0 Å². The van der Waals surface area contributed by atoms with Gasteiger partial charge in [-0.25, -0.2) is 9.18 Å². The Bertz CT molecular complexity index is 534. The smallest absolute Gasteiger partial charge is 0.409 e. The Hall–Kier alpha value is -2.29. The van der Waals surface area contributed by atoms with E-state index in [4.69, 9.17) is 10.00 Å². The van der Waals surface area contributed by atoms with Crippen molar-refractivity contribution in [2.45, 2.75) is 6.92 Å². The number of halogens is 1. The average molecular weight is 277 g/mol. The van der Waals surface area contributed by atoms with E-state index >= 15 is 0 Å². The number of carbonyl (C=O) groups is 1. The van der Waals surface area contributed by atoms with Crippen molar-refractivity contribution < 1.29 is 13.9 Å². The zero-order chi connectivity index (χ0) is 14.5. The summed E-state index contributed by atoms with van der Waals surface area (Å²) in [6, 6.07) is 6.33. The molecular formula is C14H16FN3O2. The summed E-state index contributed by atoms with van der Waals surface area (Å²) in [6.07, 6.45) is -0.326. The van der Waals surface area contributed by atoms with Gasteiger partial charge in [0.15, 0.2) is 0 Å². The highest BCUT2D eigenvalue weighted by atomic mass is 19.1. The Morgan fingerprint density at radius 2 is 2.10 bits per heavy atom. The van der Waals surface area contributed by atoms with Gasteiger partial charge < -0.3 is 14.5 Å². The predicted octanol–water partition coefficient (Wildman–Crippen LogP) is 1.98. The SMILES string of the molecule is CCOC(=O)N1CCN(c2ccc(C#N)cc2F)CC1. The molecule has 0 unspecified atom stereocenters. The zero-order valence-corrected chi connectivity index (χ0v) is 11.3. The summed E-state index contributed by atoms with van der Waals surface area (Å²) < 4.78 is 18.8. The highest BCUT2D eigenvalue weighted by Gasteiger charge is 2.23. The summed E-state index contributed by atoms with van der Waals surface area (Å²) in [7, 11) is 0. The molecule has 1 aliphatic heterocycles. The summed E-state index contributed by atoms with van der Waals surface area (Å²) in [4.78, 5) is 15.0. The van der Waals surface area contributed by atoms with Gasteiger partial charge in [0.1, 0.15) is 5.82 Å². The number of nitriles is 1. The lowest BCUT2D eigenvalue weighted by atomic mass is 10.2. The molecule has 0 radical (unpaired) electrons. The Morgan fingerprint density at radius 3 is 2.65 bits per heavy atom. The Balaban J connectivity index is 2.01. The van der Waals surface area contributed by atoms with Crippen molar-refractivity contribution >= 4 is 11.8 Å². The molecule has 0 N–H and O–H groups in total. The van der Waals surface area contributed by atoms with Crippen LogP contribution in [0.2, 0.25) is 0 Å². The van der Waals surface area contributed by atoms with E-state index in [1.165, 1.54) is 6.07 Å². The molecule has 0 spiro atoms. The zero-order valence-electron chi connectivity index (χ0n) is 11.3. The third kappa shape index (κ3) is 2.99. The summed E-state index contributed by atoms with van der Waals surface area (Å²) in [6.45, 7) is 4.20. The average Bonchev–Trinajstić information content (AvgIpc) is 2.47. The number of nitrogens with zero attached hydrogens (tertiary/aromatic N) is 3. The number of benzene rings is 1. The molecule has 5 nitrogen and oxygen atoms in total. The molecule has 0 aromatic heterocycles. The maximum atomic E-state index is 13.9. The van der Waals surface area contributed by atoms with E-state index in [0.29, 0.717) is 44.0 Å². The maximum Gasteiger partial charge on any atom is 0.409 e. The summed E-state index contributed by atoms with van der Waals surface area (Å²) in [5.74, 6) is -0.409. The van der Waals surface area contributed by atoms with E-state index < -0.39 is 5.82 Å². The van der Waals surface area contributed by atoms with Crippen LogP contribution in [0.1, 0.15) is 12.5 Å². The fraction of sp³-hybridized carbons (Fsp3) is 0.429. The molecule has 1 aliphatic rings. The highest BCUT2D eigenvalue weighted by molar-refractivity contribution is 5.68. The molecule has 1 saturated heterocycles. The van der Waals surface area contributed by atoms with E-state index in [1.807, 2.05) is 11.0 Å². The number of piperazine rings is 1. The second-order valence-electron chi connectivity index (χ2n) is 4.45. The number of carbonyl (C=O) groups excluding carboxylic acids is 1. The van der Waals surface area contributed by atoms with Crippen LogP contribution in [0.4, 0.5) is 14.9 Å². The molecule has 0 aliphatic carbocycles. The molecule has 1 amide bonds. The maximum absolute atomic E-state index is 13.9. The lowest BCUT2D eigenvalue weighted by molar-refractivity contribution is 0.105. The van der Waals surface area contributed by atoms with Crippen molar-refractivity contribution in [3.63, 3.8) is 0 Å². The molecule has 0 bridgehead atoms. The van der Waals surface area contributed by atoms with E-state index in [9.17, 15) is 9.18 Å². The molecule has 1 fully saturated rings. The molecule has 1 aromatic rings. The van der Waals surface area contributed by atoms with Crippen LogP contribution in [0, 0.1) is 17.1 Å². The molecule has 1 heterocycles.